The van der Waals surface area contributed by atoms with Crippen LogP contribution in [0.1, 0.15) is 0 Å². The Morgan fingerprint density at radius 2 is 2.15 bits per heavy atom. The van der Waals surface area contributed by atoms with Crippen LogP contribution < -0.4 is 5.73 Å². The van der Waals surface area contributed by atoms with Crippen LogP contribution in [0.4, 0.5) is 5.82 Å². The molecule has 0 aliphatic rings. The lowest BCUT2D eigenvalue weighted by Gasteiger charge is -2.06. The van der Waals surface area contributed by atoms with Gasteiger partial charge in [-0.1, -0.05) is 35.5 Å². The fourth-order valence-corrected chi connectivity index (χ4v) is 2.80. The third-order valence-corrected chi connectivity index (χ3v) is 4.61. The van der Waals surface area contributed by atoms with Crippen molar-refractivity contribution >= 4 is 56.2 Å². The monoisotopic (exact) mass is 369 g/mol. The smallest absolute Gasteiger partial charge is 0.256 e. The summed E-state index contributed by atoms with van der Waals surface area (Å²) in [6.45, 7) is 0. The van der Waals surface area contributed by atoms with Crippen LogP contribution in [0.5, 0.6) is 0 Å². The van der Waals surface area contributed by atoms with Gasteiger partial charge >= 0.3 is 0 Å². The summed E-state index contributed by atoms with van der Waals surface area (Å²) < 4.78 is 6.41. The van der Waals surface area contributed by atoms with Crippen molar-refractivity contribution < 1.29 is 4.42 Å². The average Bonchev–Trinajstić information content (AvgIpc) is 2.85. The van der Waals surface area contributed by atoms with Crippen molar-refractivity contribution in [3.63, 3.8) is 0 Å². The molecule has 0 saturated heterocycles. The molecule has 2 aromatic heterocycles. The first kappa shape index (κ1) is 13.7. The van der Waals surface area contributed by atoms with Crippen LogP contribution in [-0.2, 0) is 0 Å². The van der Waals surface area contributed by atoms with Gasteiger partial charge in [0.2, 0.25) is 0 Å². The van der Waals surface area contributed by atoms with Crippen LogP contribution in [-0.4, -0.2) is 16.2 Å². The molecule has 3 aromatic rings. The summed E-state index contributed by atoms with van der Waals surface area (Å²) in [5.41, 5.74) is 8.58. The van der Waals surface area contributed by atoms with Gasteiger partial charge in [0.25, 0.3) is 5.22 Å². The number of hydrogen-bond donors (Lipinski definition) is 1. The number of fused-ring (bicyclic) bond motifs is 1. The molecule has 2 N–H and O–H groups in total. The van der Waals surface area contributed by atoms with E-state index in [-0.39, 0.29) is 0 Å². The molecule has 0 spiro atoms. The summed E-state index contributed by atoms with van der Waals surface area (Å²) in [4.78, 5) is 8.63. The van der Waals surface area contributed by atoms with E-state index < -0.39 is 0 Å². The summed E-state index contributed by atoms with van der Waals surface area (Å²) in [6, 6.07) is 7.44. The number of anilines is 1. The number of rotatable bonds is 2. The van der Waals surface area contributed by atoms with Crippen LogP contribution in [0.2, 0.25) is 5.02 Å². The highest BCUT2D eigenvalue weighted by Gasteiger charge is 2.14. The van der Waals surface area contributed by atoms with E-state index in [0.717, 1.165) is 10.0 Å². The summed E-state index contributed by atoms with van der Waals surface area (Å²) in [6.07, 6.45) is 1.89. The number of nitrogens with zero attached hydrogens (tertiary/aromatic N) is 2. The Bertz CT molecular complexity index is 806. The molecule has 20 heavy (non-hydrogen) atoms. The molecule has 0 aliphatic heterocycles. The first-order valence-electron chi connectivity index (χ1n) is 5.65. The lowest BCUT2D eigenvalue weighted by Crippen LogP contribution is -1.94. The second kappa shape index (κ2) is 5.27. The molecule has 4 nitrogen and oxygen atoms in total. The highest BCUT2D eigenvalue weighted by molar-refractivity contribution is 9.10. The fraction of sp³-hybridized carbons (Fsp3) is 0.0769. The highest BCUT2D eigenvalue weighted by atomic mass is 79.9. The van der Waals surface area contributed by atoms with E-state index in [1.54, 1.807) is 6.07 Å². The number of halogens is 2. The minimum Gasteiger partial charge on any atom is -0.431 e. The number of oxazole rings is 1. The summed E-state index contributed by atoms with van der Waals surface area (Å²) in [5.74, 6) is 0.331. The topological polar surface area (TPSA) is 64.9 Å². The van der Waals surface area contributed by atoms with Gasteiger partial charge in [0.15, 0.2) is 16.9 Å². The maximum Gasteiger partial charge on any atom is 0.256 e. The van der Waals surface area contributed by atoms with Crippen molar-refractivity contribution in [1.82, 2.24) is 9.97 Å². The Labute approximate surface area is 132 Å². The molecule has 7 heteroatoms. The van der Waals surface area contributed by atoms with Crippen molar-refractivity contribution in [2.75, 3.05) is 12.0 Å². The van der Waals surface area contributed by atoms with E-state index in [0.29, 0.717) is 32.9 Å². The average molecular weight is 371 g/mol. The highest BCUT2D eigenvalue weighted by Crippen LogP contribution is 2.35. The lowest BCUT2D eigenvalue weighted by atomic mass is 10.1. The van der Waals surface area contributed by atoms with Gasteiger partial charge in [0.1, 0.15) is 0 Å². The number of nitrogen functional groups attached to an aromatic ring is 1. The maximum atomic E-state index is 6.29. The summed E-state index contributed by atoms with van der Waals surface area (Å²) in [5, 5.41) is 1.15. The maximum absolute atomic E-state index is 6.29. The standard InChI is InChI=1S/C13H9BrClN3OS/c1-20-13-18-11-9(19-13)5-8(17-12(11)16)6-3-2-4-7(14)10(6)15/h2-5H,1H3,(H2,16,17). The first-order chi connectivity index (χ1) is 9.60. The molecular formula is C13H9BrClN3OS. The Hall–Kier alpha value is -1.24. The van der Waals surface area contributed by atoms with Gasteiger partial charge in [-0.15, -0.1) is 0 Å². The molecule has 0 aliphatic carbocycles. The van der Waals surface area contributed by atoms with Gasteiger partial charge in [-0.05, 0) is 28.3 Å². The minimum absolute atomic E-state index is 0.331. The number of pyridine rings is 1. The molecule has 0 unspecified atom stereocenters. The predicted octanol–water partition coefficient (Wildman–Crippen LogP) is 4.61. The molecule has 0 atom stereocenters. The van der Waals surface area contributed by atoms with Crippen LogP contribution in [0.25, 0.3) is 22.4 Å². The third kappa shape index (κ3) is 2.28. The zero-order valence-corrected chi connectivity index (χ0v) is 13.5. The molecule has 102 valence electrons. The van der Waals surface area contributed by atoms with Crippen LogP contribution in [0.15, 0.2) is 38.4 Å². The van der Waals surface area contributed by atoms with Crippen LogP contribution in [0, 0.1) is 0 Å². The normalized spacial score (nSPS) is 11.2. The third-order valence-electron chi connectivity index (χ3n) is 2.79. The SMILES string of the molecule is CSc1nc2c(N)nc(-c3cccc(Br)c3Cl)cc2o1. The van der Waals surface area contributed by atoms with Gasteiger partial charge in [-0.3, -0.25) is 0 Å². The first-order valence-corrected chi connectivity index (χ1v) is 8.05. The Morgan fingerprint density at radius 3 is 2.90 bits per heavy atom. The van der Waals surface area contributed by atoms with Gasteiger partial charge in [-0.2, -0.15) is 4.98 Å². The van der Waals surface area contributed by atoms with E-state index in [9.17, 15) is 0 Å². The molecule has 0 fully saturated rings. The Balaban J connectivity index is 2.24. The molecular weight excluding hydrogens is 362 g/mol. The number of benzene rings is 1. The number of thioether (sulfide) groups is 1. The predicted molar refractivity (Wildman–Crippen MR) is 86.1 cm³/mol. The fourth-order valence-electron chi connectivity index (χ4n) is 1.86. The van der Waals surface area contributed by atoms with Crippen molar-refractivity contribution in [3.8, 4) is 11.3 Å². The Morgan fingerprint density at radius 1 is 1.35 bits per heavy atom. The number of aromatic nitrogens is 2. The van der Waals surface area contributed by atoms with Crippen molar-refractivity contribution in [2.45, 2.75) is 5.22 Å². The van der Waals surface area contributed by atoms with Crippen LogP contribution in [0.3, 0.4) is 0 Å². The molecule has 0 saturated carbocycles. The molecule has 3 rings (SSSR count). The van der Waals surface area contributed by atoms with Crippen molar-refractivity contribution in [1.29, 1.82) is 0 Å². The second-order valence-corrected chi connectivity index (χ2v) is 6.01. The second-order valence-electron chi connectivity index (χ2n) is 4.02. The van der Waals surface area contributed by atoms with Gasteiger partial charge in [0.05, 0.1) is 10.7 Å². The summed E-state index contributed by atoms with van der Waals surface area (Å²) in [7, 11) is 0. The largest absolute Gasteiger partial charge is 0.431 e. The number of nitrogens with two attached hydrogens (primary N) is 1. The van der Waals surface area contributed by atoms with E-state index in [1.165, 1.54) is 11.8 Å². The Kier molecular flexibility index (Phi) is 3.62. The minimum atomic E-state index is 0.331. The van der Waals surface area contributed by atoms with E-state index >= 15 is 0 Å². The molecule has 1 aromatic carbocycles. The zero-order valence-electron chi connectivity index (χ0n) is 10.4. The van der Waals surface area contributed by atoms with E-state index in [4.69, 9.17) is 21.8 Å². The number of hydrogen-bond acceptors (Lipinski definition) is 5. The molecule has 0 bridgehead atoms. The molecule has 0 amide bonds. The quantitative estimate of drug-likeness (QED) is 0.667. The van der Waals surface area contributed by atoms with Gasteiger partial charge in [0, 0.05) is 16.1 Å². The molecule has 2 heterocycles. The lowest BCUT2D eigenvalue weighted by molar-refractivity contribution is 0.490. The van der Waals surface area contributed by atoms with E-state index in [2.05, 4.69) is 25.9 Å². The van der Waals surface area contributed by atoms with Crippen molar-refractivity contribution in [2.24, 2.45) is 0 Å². The van der Waals surface area contributed by atoms with E-state index in [1.807, 2.05) is 24.5 Å². The van der Waals surface area contributed by atoms with Crippen molar-refractivity contribution in [3.05, 3.63) is 33.8 Å². The molecule has 0 radical (unpaired) electrons. The van der Waals surface area contributed by atoms with Crippen LogP contribution >= 0.6 is 39.3 Å². The zero-order chi connectivity index (χ0) is 14.3. The van der Waals surface area contributed by atoms with Gasteiger partial charge < -0.3 is 10.2 Å². The van der Waals surface area contributed by atoms with Gasteiger partial charge in [-0.25, -0.2) is 4.98 Å². The summed E-state index contributed by atoms with van der Waals surface area (Å²) >= 11 is 11.1.